The first-order valence-corrected chi connectivity index (χ1v) is 8.85. The molecule has 4 heteroatoms. The summed E-state index contributed by atoms with van der Waals surface area (Å²) in [4.78, 5) is 4.62. The Labute approximate surface area is 151 Å². The molecule has 0 fully saturated rings. The van der Waals surface area contributed by atoms with Crippen LogP contribution in [0.2, 0.25) is 0 Å². The van der Waals surface area contributed by atoms with Crippen LogP contribution in [0.25, 0.3) is 0 Å². The fourth-order valence-corrected chi connectivity index (χ4v) is 3.07. The van der Waals surface area contributed by atoms with Gasteiger partial charge in [0.25, 0.3) is 0 Å². The Balaban J connectivity index is 2.36. The van der Waals surface area contributed by atoms with Crippen molar-refractivity contribution in [2.75, 3.05) is 19.0 Å². The zero-order valence-electron chi connectivity index (χ0n) is 16.5. The molecule has 0 saturated carbocycles. The number of anilines is 1. The smallest absolute Gasteiger partial charge is 0.224 e. The monoisotopic (exact) mass is 342 g/mol. The number of nitrogens with zero attached hydrogens (tertiary/aromatic N) is 1. The van der Waals surface area contributed by atoms with Gasteiger partial charge >= 0.3 is 0 Å². The fourth-order valence-electron chi connectivity index (χ4n) is 3.07. The molecule has 1 unspecified atom stereocenters. The molecule has 2 aromatic rings. The van der Waals surface area contributed by atoms with E-state index in [0.717, 1.165) is 40.2 Å². The van der Waals surface area contributed by atoms with Gasteiger partial charge in [0, 0.05) is 30.1 Å². The van der Waals surface area contributed by atoms with E-state index < -0.39 is 0 Å². The van der Waals surface area contributed by atoms with E-state index in [1.165, 1.54) is 5.56 Å². The molecule has 0 aliphatic heterocycles. The van der Waals surface area contributed by atoms with E-state index >= 15 is 0 Å². The first-order chi connectivity index (χ1) is 11.8. The maximum absolute atomic E-state index is 6.24. The van der Waals surface area contributed by atoms with Crippen LogP contribution in [0, 0.1) is 34.6 Å². The molecule has 1 heterocycles. The first-order valence-electron chi connectivity index (χ1n) is 8.85. The lowest BCUT2D eigenvalue weighted by molar-refractivity contribution is 0.184. The van der Waals surface area contributed by atoms with Crippen molar-refractivity contribution in [2.24, 2.45) is 0 Å². The molecule has 1 N–H and O–H groups in total. The van der Waals surface area contributed by atoms with Gasteiger partial charge in [0.05, 0.1) is 6.61 Å². The molecule has 0 aliphatic rings. The van der Waals surface area contributed by atoms with Crippen molar-refractivity contribution in [3.63, 3.8) is 0 Å². The number of nitrogens with one attached hydrogen (secondary N) is 1. The topological polar surface area (TPSA) is 43.4 Å². The van der Waals surface area contributed by atoms with Gasteiger partial charge in [0.2, 0.25) is 5.88 Å². The Kier molecular flexibility index (Phi) is 6.43. The molecule has 25 heavy (non-hydrogen) atoms. The van der Waals surface area contributed by atoms with Gasteiger partial charge in [-0.15, -0.1) is 0 Å². The van der Waals surface area contributed by atoms with Crippen LogP contribution in [-0.4, -0.2) is 24.7 Å². The van der Waals surface area contributed by atoms with E-state index in [-0.39, 0.29) is 6.04 Å². The molecular weight excluding hydrogens is 312 g/mol. The van der Waals surface area contributed by atoms with E-state index in [1.54, 1.807) is 7.11 Å². The third-order valence-corrected chi connectivity index (χ3v) is 4.38. The summed E-state index contributed by atoms with van der Waals surface area (Å²) >= 11 is 0. The maximum atomic E-state index is 6.24. The second kappa shape index (κ2) is 8.34. The standard InChI is InChI=1S/C21H30N2O2/c1-8-18(12-24-7)23-19-11-16(5)22-21(17(19)6)25-20-14(3)9-13(2)10-15(20)4/h9-11,18H,8,12H2,1-7H3,(H,22,23). The lowest BCUT2D eigenvalue weighted by atomic mass is 10.1. The highest BCUT2D eigenvalue weighted by Crippen LogP contribution is 2.33. The van der Waals surface area contributed by atoms with E-state index in [1.807, 2.05) is 13.8 Å². The van der Waals surface area contributed by atoms with E-state index in [9.17, 15) is 0 Å². The summed E-state index contributed by atoms with van der Waals surface area (Å²) in [5.41, 5.74) is 6.48. The van der Waals surface area contributed by atoms with E-state index in [4.69, 9.17) is 9.47 Å². The van der Waals surface area contributed by atoms with Crippen LogP contribution in [-0.2, 0) is 4.74 Å². The lowest BCUT2D eigenvalue weighted by Gasteiger charge is -2.21. The van der Waals surface area contributed by atoms with Crippen LogP contribution in [0.4, 0.5) is 5.69 Å². The summed E-state index contributed by atoms with van der Waals surface area (Å²) in [5.74, 6) is 1.55. The number of hydrogen-bond donors (Lipinski definition) is 1. The lowest BCUT2D eigenvalue weighted by Crippen LogP contribution is -2.24. The zero-order chi connectivity index (χ0) is 18.6. The molecule has 0 bridgehead atoms. The van der Waals surface area contributed by atoms with Crippen LogP contribution in [0.1, 0.15) is 41.3 Å². The first kappa shape index (κ1) is 19.3. The van der Waals surface area contributed by atoms with Crippen LogP contribution in [0.5, 0.6) is 11.6 Å². The average Bonchev–Trinajstić information content (AvgIpc) is 2.54. The molecular formula is C21H30N2O2. The third kappa shape index (κ3) is 4.73. The van der Waals surface area contributed by atoms with Gasteiger partial charge in [-0.1, -0.05) is 24.6 Å². The molecule has 136 valence electrons. The predicted molar refractivity (Wildman–Crippen MR) is 104 cm³/mol. The molecule has 1 aromatic carbocycles. The van der Waals surface area contributed by atoms with Crippen molar-refractivity contribution >= 4 is 5.69 Å². The number of pyridine rings is 1. The predicted octanol–water partition coefficient (Wildman–Crippen LogP) is 5.25. The molecule has 1 atom stereocenters. The Morgan fingerprint density at radius 1 is 1.04 bits per heavy atom. The van der Waals surface area contributed by atoms with Crippen LogP contribution in [0.15, 0.2) is 18.2 Å². The average molecular weight is 342 g/mol. The summed E-state index contributed by atoms with van der Waals surface area (Å²) < 4.78 is 11.5. The third-order valence-electron chi connectivity index (χ3n) is 4.38. The van der Waals surface area contributed by atoms with Gasteiger partial charge in [-0.05, 0) is 58.2 Å². The number of methoxy groups -OCH3 is 1. The Morgan fingerprint density at radius 3 is 2.24 bits per heavy atom. The normalized spacial score (nSPS) is 12.1. The molecule has 0 saturated heterocycles. The van der Waals surface area contributed by atoms with Crippen LogP contribution >= 0.6 is 0 Å². The second-order valence-corrected chi connectivity index (χ2v) is 6.78. The second-order valence-electron chi connectivity index (χ2n) is 6.78. The number of rotatable bonds is 7. The Hall–Kier alpha value is -2.07. The Morgan fingerprint density at radius 2 is 1.68 bits per heavy atom. The number of aryl methyl sites for hydroxylation is 4. The fraction of sp³-hybridized carbons (Fsp3) is 0.476. The summed E-state index contributed by atoms with van der Waals surface area (Å²) in [5, 5.41) is 3.56. The number of benzene rings is 1. The molecule has 0 radical (unpaired) electrons. The summed E-state index contributed by atoms with van der Waals surface area (Å²) in [6, 6.07) is 6.60. The zero-order valence-corrected chi connectivity index (χ0v) is 16.5. The van der Waals surface area contributed by atoms with Crippen molar-refractivity contribution in [3.05, 3.63) is 46.1 Å². The summed E-state index contributed by atoms with van der Waals surface area (Å²) in [7, 11) is 1.73. The summed E-state index contributed by atoms with van der Waals surface area (Å²) in [6.07, 6.45) is 0.987. The van der Waals surface area contributed by atoms with Crippen LogP contribution in [0.3, 0.4) is 0 Å². The van der Waals surface area contributed by atoms with E-state index in [2.05, 4.69) is 56.2 Å². The molecule has 1 aromatic heterocycles. The van der Waals surface area contributed by atoms with Crippen molar-refractivity contribution in [2.45, 2.75) is 54.0 Å². The molecule has 0 amide bonds. The number of hydrogen-bond acceptors (Lipinski definition) is 4. The van der Waals surface area contributed by atoms with Gasteiger partial charge in [-0.2, -0.15) is 0 Å². The van der Waals surface area contributed by atoms with Gasteiger partial charge in [-0.25, -0.2) is 4.98 Å². The van der Waals surface area contributed by atoms with Crippen LogP contribution < -0.4 is 10.1 Å². The van der Waals surface area contributed by atoms with Crippen molar-refractivity contribution in [1.82, 2.24) is 4.98 Å². The molecule has 2 rings (SSSR count). The maximum Gasteiger partial charge on any atom is 0.224 e. The Bertz CT molecular complexity index is 718. The van der Waals surface area contributed by atoms with E-state index in [0.29, 0.717) is 12.5 Å². The SMILES string of the molecule is CCC(COC)Nc1cc(C)nc(Oc2c(C)cc(C)cc2C)c1C. The highest BCUT2D eigenvalue weighted by molar-refractivity contribution is 5.57. The summed E-state index contributed by atoms with van der Waals surface area (Å²) in [6.45, 7) is 13.1. The molecule has 0 spiro atoms. The molecule has 0 aliphatic carbocycles. The van der Waals surface area contributed by atoms with Crippen molar-refractivity contribution in [3.8, 4) is 11.6 Å². The highest BCUT2D eigenvalue weighted by Gasteiger charge is 2.15. The van der Waals surface area contributed by atoms with Crippen molar-refractivity contribution < 1.29 is 9.47 Å². The van der Waals surface area contributed by atoms with Gasteiger partial charge in [0.1, 0.15) is 5.75 Å². The van der Waals surface area contributed by atoms with Gasteiger partial charge < -0.3 is 14.8 Å². The number of ether oxygens (including phenoxy) is 2. The molecule has 4 nitrogen and oxygen atoms in total. The largest absolute Gasteiger partial charge is 0.438 e. The highest BCUT2D eigenvalue weighted by atomic mass is 16.5. The minimum absolute atomic E-state index is 0.265. The minimum atomic E-state index is 0.265. The van der Waals surface area contributed by atoms with Gasteiger partial charge in [-0.3, -0.25) is 0 Å². The quantitative estimate of drug-likeness (QED) is 0.746. The number of aromatic nitrogens is 1. The van der Waals surface area contributed by atoms with Crippen molar-refractivity contribution in [1.29, 1.82) is 0 Å². The van der Waals surface area contributed by atoms with Gasteiger partial charge in [0.15, 0.2) is 0 Å². The minimum Gasteiger partial charge on any atom is -0.438 e.